The molecule has 0 fully saturated rings. The molecule has 0 aliphatic heterocycles. The third-order valence-electron chi connectivity index (χ3n) is 3.80. The molecule has 0 spiro atoms. The maximum Gasteiger partial charge on any atom is 0.230 e. The smallest absolute Gasteiger partial charge is 0.230 e. The van der Waals surface area contributed by atoms with Gasteiger partial charge in [-0.05, 0) is 25.0 Å². The molecule has 0 aliphatic carbocycles. The Balaban J connectivity index is 2.06. The fourth-order valence-electron chi connectivity index (χ4n) is 2.52. The number of nitrogens with one attached hydrogen (secondary N) is 1. The molecule has 0 atom stereocenters. The molecular weight excluding hydrogens is 286 g/mol. The molecular formula is C20H21NO2. The fraction of sp³-hybridized carbons (Fsp3) is 0.250. The van der Waals surface area contributed by atoms with Gasteiger partial charge in [-0.25, -0.2) is 0 Å². The third kappa shape index (κ3) is 3.14. The zero-order valence-electron chi connectivity index (χ0n) is 13.7. The van der Waals surface area contributed by atoms with E-state index in [1.165, 1.54) is 0 Å². The van der Waals surface area contributed by atoms with Crippen molar-refractivity contribution >= 4 is 22.4 Å². The Bertz CT molecular complexity index is 828. The molecule has 3 heteroatoms. The number of anilines is 1. The Morgan fingerprint density at radius 2 is 1.78 bits per heavy atom. The molecule has 2 aromatic carbocycles. The molecule has 0 aliphatic rings. The van der Waals surface area contributed by atoms with Gasteiger partial charge in [0.2, 0.25) is 5.78 Å². The monoisotopic (exact) mass is 307 g/mol. The van der Waals surface area contributed by atoms with Gasteiger partial charge in [0.15, 0.2) is 5.76 Å². The Morgan fingerprint density at radius 3 is 2.48 bits per heavy atom. The predicted octanol–water partition coefficient (Wildman–Crippen LogP) is 5.04. The largest absolute Gasteiger partial charge is 0.450 e. The summed E-state index contributed by atoms with van der Waals surface area (Å²) in [6.07, 6.45) is 0. The van der Waals surface area contributed by atoms with Crippen LogP contribution in [0.5, 0.6) is 0 Å². The van der Waals surface area contributed by atoms with E-state index in [0.29, 0.717) is 17.2 Å². The lowest BCUT2D eigenvalue weighted by atomic mass is 10.1. The maximum absolute atomic E-state index is 12.9. The van der Waals surface area contributed by atoms with E-state index in [1.807, 2.05) is 55.5 Å². The first-order chi connectivity index (χ1) is 11.1. The number of furan rings is 1. The number of benzene rings is 2. The summed E-state index contributed by atoms with van der Waals surface area (Å²) in [4.78, 5) is 12.9. The third-order valence-corrected chi connectivity index (χ3v) is 3.80. The first-order valence-electron chi connectivity index (χ1n) is 7.93. The molecule has 0 bridgehead atoms. The van der Waals surface area contributed by atoms with Crippen molar-refractivity contribution in [2.45, 2.75) is 20.8 Å². The van der Waals surface area contributed by atoms with Gasteiger partial charge in [0.25, 0.3) is 0 Å². The van der Waals surface area contributed by atoms with E-state index in [1.54, 1.807) is 0 Å². The number of ketones is 1. The second-order valence-electron chi connectivity index (χ2n) is 6.27. The zero-order valence-corrected chi connectivity index (χ0v) is 13.7. The minimum absolute atomic E-state index is 0.0903. The first kappa shape index (κ1) is 15.3. The van der Waals surface area contributed by atoms with Crippen molar-refractivity contribution in [1.29, 1.82) is 0 Å². The van der Waals surface area contributed by atoms with Crippen molar-refractivity contribution in [3.8, 4) is 0 Å². The number of rotatable bonds is 5. The number of aryl methyl sites for hydroxylation is 1. The Kier molecular flexibility index (Phi) is 4.20. The molecule has 0 saturated heterocycles. The summed E-state index contributed by atoms with van der Waals surface area (Å²) >= 11 is 0. The predicted molar refractivity (Wildman–Crippen MR) is 94.2 cm³/mol. The summed E-state index contributed by atoms with van der Waals surface area (Å²) in [5.74, 6) is 0.772. The van der Waals surface area contributed by atoms with Gasteiger partial charge >= 0.3 is 0 Å². The molecule has 0 radical (unpaired) electrons. The quantitative estimate of drug-likeness (QED) is 0.671. The number of hydrogen-bond donors (Lipinski definition) is 1. The molecule has 3 nitrogen and oxygen atoms in total. The first-order valence-corrected chi connectivity index (χ1v) is 7.93. The molecule has 1 heterocycles. The van der Waals surface area contributed by atoms with Crippen molar-refractivity contribution < 1.29 is 9.21 Å². The molecule has 118 valence electrons. The Morgan fingerprint density at radius 1 is 1.09 bits per heavy atom. The van der Waals surface area contributed by atoms with Crippen molar-refractivity contribution in [2.24, 2.45) is 5.92 Å². The number of hydrogen-bond acceptors (Lipinski definition) is 3. The molecule has 0 saturated carbocycles. The highest BCUT2D eigenvalue weighted by Gasteiger charge is 2.21. The highest BCUT2D eigenvalue weighted by molar-refractivity contribution is 6.14. The summed E-state index contributed by atoms with van der Waals surface area (Å²) in [5.41, 5.74) is 3.29. The van der Waals surface area contributed by atoms with Gasteiger partial charge < -0.3 is 9.73 Å². The molecule has 1 N–H and O–H groups in total. The van der Waals surface area contributed by atoms with Crippen molar-refractivity contribution in [3.63, 3.8) is 0 Å². The van der Waals surface area contributed by atoms with Crippen LogP contribution in [0.25, 0.3) is 11.0 Å². The van der Waals surface area contributed by atoms with Crippen LogP contribution in [-0.2, 0) is 0 Å². The van der Waals surface area contributed by atoms with Gasteiger partial charge in [-0.2, -0.15) is 0 Å². The van der Waals surface area contributed by atoms with Crippen LogP contribution in [0, 0.1) is 12.8 Å². The summed E-state index contributed by atoms with van der Waals surface area (Å²) < 4.78 is 5.87. The molecule has 23 heavy (non-hydrogen) atoms. The summed E-state index contributed by atoms with van der Waals surface area (Å²) in [7, 11) is 0. The summed E-state index contributed by atoms with van der Waals surface area (Å²) in [5, 5.41) is 4.33. The van der Waals surface area contributed by atoms with Crippen LogP contribution >= 0.6 is 0 Å². The van der Waals surface area contributed by atoms with Crippen LogP contribution in [0.3, 0.4) is 0 Å². The van der Waals surface area contributed by atoms with Crippen molar-refractivity contribution in [3.05, 3.63) is 65.4 Å². The van der Waals surface area contributed by atoms with E-state index in [2.05, 4.69) is 19.2 Å². The lowest BCUT2D eigenvalue weighted by Gasteiger charge is -2.09. The minimum Gasteiger partial charge on any atom is -0.450 e. The van der Waals surface area contributed by atoms with Gasteiger partial charge in [0, 0.05) is 17.5 Å². The van der Waals surface area contributed by atoms with E-state index < -0.39 is 0 Å². The van der Waals surface area contributed by atoms with Crippen LogP contribution in [0.1, 0.15) is 35.5 Å². The van der Waals surface area contributed by atoms with Crippen LogP contribution in [-0.4, -0.2) is 12.3 Å². The fourth-order valence-corrected chi connectivity index (χ4v) is 2.52. The van der Waals surface area contributed by atoms with Crippen LogP contribution in [0.2, 0.25) is 0 Å². The highest BCUT2D eigenvalue weighted by Crippen LogP contribution is 2.32. The molecule has 3 rings (SSSR count). The van der Waals surface area contributed by atoms with Gasteiger partial charge in [0.05, 0.1) is 5.69 Å². The van der Waals surface area contributed by atoms with E-state index in [9.17, 15) is 4.79 Å². The SMILES string of the molecule is Cc1ccc(C(=O)c2oc3ccccc3c2NCC(C)C)cc1. The van der Waals surface area contributed by atoms with E-state index in [0.717, 1.165) is 28.8 Å². The number of carbonyl (C=O) groups is 1. The van der Waals surface area contributed by atoms with Gasteiger partial charge in [-0.3, -0.25) is 4.79 Å². The van der Waals surface area contributed by atoms with Gasteiger partial charge in [-0.1, -0.05) is 55.8 Å². The summed E-state index contributed by atoms with van der Waals surface area (Å²) in [6, 6.07) is 15.3. The standard InChI is InChI=1S/C20H21NO2/c1-13(2)12-21-18-16-6-4-5-7-17(16)23-20(18)19(22)15-10-8-14(3)9-11-15/h4-11,13,21H,12H2,1-3H3. The van der Waals surface area contributed by atoms with Crippen LogP contribution in [0.15, 0.2) is 52.9 Å². The number of carbonyl (C=O) groups excluding carboxylic acids is 1. The van der Waals surface area contributed by atoms with E-state index >= 15 is 0 Å². The Labute approximate surface area is 136 Å². The number of fused-ring (bicyclic) bond motifs is 1. The summed E-state index contributed by atoms with van der Waals surface area (Å²) in [6.45, 7) is 7.07. The van der Waals surface area contributed by atoms with Crippen LogP contribution < -0.4 is 5.32 Å². The molecule has 3 aromatic rings. The van der Waals surface area contributed by atoms with Gasteiger partial charge in [-0.15, -0.1) is 0 Å². The van der Waals surface area contributed by atoms with Crippen molar-refractivity contribution in [1.82, 2.24) is 0 Å². The maximum atomic E-state index is 12.9. The normalized spacial score (nSPS) is 11.1. The minimum atomic E-state index is -0.0903. The lowest BCUT2D eigenvalue weighted by Crippen LogP contribution is -2.11. The highest BCUT2D eigenvalue weighted by atomic mass is 16.3. The van der Waals surface area contributed by atoms with Gasteiger partial charge in [0.1, 0.15) is 5.58 Å². The average Bonchev–Trinajstić information content (AvgIpc) is 2.91. The second-order valence-corrected chi connectivity index (χ2v) is 6.27. The molecule has 1 aromatic heterocycles. The van der Waals surface area contributed by atoms with Crippen molar-refractivity contribution in [2.75, 3.05) is 11.9 Å². The Hall–Kier alpha value is -2.55. The van der Waals surface area contributed by atoms with E-state index in [-0.39, 0.29) is 5.78 Å². The average molecular weight is 307 g/mol. The topological polar surface area (TPSA) is 42.2 Å². The zero-order chi connectivity index (χ0) is 16.4. The molecule has 0 unspecified atom stereocenters. The number of para-hydroxylation sites is 1. The van der Waals surface area contributed by atoms with Crippen LogP contribution in [0.4, 0.5) is 5.69 Å². The molecule has 0 amide bonds. The van der Waals surface area contributed by atoms with E-state index in [4.69, 9.17) is 4.42 Å². The lowest BCUT2D eigenvalue weighted by molar-refractivity contribution is 0.101. The second kappa shape index (κ2) is 6.29.